The van der Waals surface area contributed by atoms with Gasteiger partial charge in [-0.3, -0.25) is 9.59 Å². The molecule has 0 spiro atoms. The van der Waals surface area contributed by atoms with Gasteiger partial charge in [-0.2, -0.15) is 5.26 Å². The Labute approximate surface area is 122 Å². The lowest BCUT2D eigenvalue weighted by Gasteiger charge is -2.28. The van der Waals surface area contributed by atoms with E-state index in [4.69, 9.17) is 5.26 Å². The first-order valence-electron chi connectivity index (χ1n) is 7.34. The third-order valence-electron chi connectivity index (χ3n) is 3.19. The molecule has 0 aliphatic carbocycles. The van der Waals surface area contributed by atoms with Crippen molar-refractivity contribution in [3.63, 3.8) is 0 Å². The number of nitrogens with zero attached hydrogens (tertiary/aromatic N) is 2. The van der Waals surface area contributed by atoms with Gasteiger partial charge in [-0.1, -0.05) is 33.6 Å². The zero-order valence-electron chi connectivity index (χ0n) is 13.1. The molecule has 0 radical (unpaired) electrons. The van der Waals surface area contributed by atoms with E-state index in [0.717, 1.165) is 19.3 Å². The zero-order chi connectivity index (χ0) is 15.5. The second kappa shape index (κ2) is 10.2. The molecular formula is C15H27N3O2. The van der Waals surface area contributed by atoms with Gasteiger partial charge in [0.2, 0.25) is 11.8 Å². The van der Waals surface area contributed by atoms with Crippen molar-refractivity contribution < 1.29 is 9.59 Å². The van der Waals surface area contributed by atoms with Crippen molar-refractivity contribution in [2.24, 2.45) is 5.92 Å². The molecule has 5 heteroatoms. The fourth-order valence-electron chi connectivity index (χ4n) is 2.01. The minimum Gasteiger partial charge on any atom is -0.341 e. The molecule has 0 aromatic rings. The molecule has 2 amide bonds. The molecule has 0 saturated carbocycles. The second-order valence-corrected chi connectivity index (χ2v) is 5.48. The third-order valence-corrected chi connectivity index (χ3v) is 3.19. The van der Waals surface area contributed by atoms with Gasteiger partial charge < -0.3 is 10.2 Å². The first-order valence-corrected chi connectivity index (χ1v) is 7.34. The molecule has 0 aliphatic heterocycles. The maximum absolute atomic E-state index is 12.1. The highest BCUT2D eigenvalue weighted by Gasteiger charge is 2.26. The number of nitriles is 1. The summed E-state index contributed by atoms with van der Waals surface area (Å²) in [7, 11) is 1.67. The van der Waals surface area contributed by atoms with Gasteiger partial charge in [0.05, 0.1) is 6.07 Å². The van der Waals surface area contributed by atoms with Crippen molar-refractivity contribution in [3.05, 3.63) is 0 Å². The van der Waals surface area contributed by atoms with Crippen molar-refractivity contribution >= 4 is 11.8 Å². The third kappa shape index (κ3) is 7.13. The molecule has 0 bridgehead atoms. The topological polar surface area (TPSA) is 73.2 Å². The molecule has 0 aromatic heterocycles. The van der Waals surface area contributed by atoms with Gasteiger partial charge in [-0.15, -0.1) is 0 Å². The Kier molecular flexibility index (Phi) is 9.44. The second-order valence-electron chi connectivity index (χ2n) is 5.48. The lowest BCUT2D eigenvalue weighted by Crippen LogP contribution is -2.48. The highest BCUT2D eigenvalue weighted by Crippen LogP contribution is 2.13. The van der Waals surface area contributed by atoms with E-state index in [2.05, 4.69) is 12.2 Å². The molecule has 1 unspecified atom stereocenters. The molecule has 1 atom stereocenters. The molecule has 0 rings (SSSR count). The fourth-order valence-corrected chi connectivity index (χ4v) is 2.01. The van der Waals surface area contributed by atoms with Crippen LogP contribution < -0.4 is 5.32 Å². The van der Waals surface area contributed by atoms with E-state index in [1.807, 2.05) is 19.9 Å². The SMILES string of the molecule is CCCCCC(=O)N(C)C(CC(C)C)C(=O)NCC#N. The van der Waals surface area contributed by atoms with Crippen LogP contribution in [-0.4, -0.2) is 36.3 Å². The van der Waals surface area contributed by atoms with E-state index in [-0.39, 0.29) is 18.4 Å². The number of amides is 2. The molecule has 1 N–H and O–H groups in total. The molecule has 114 valence electrons. The van der Waals surface area contributed by atoms with Crippen molar-refractivity contribution in [2.45, 2.75) is 58.9 Å². The van der Waals surface area contributed by atoms with Crippen molar-refractivity contribution in [3.8, 4) is 6.07 Å². The average molecular weight is 281 g/mol. The summed E-state index contributed by atoms with van der Waals surface area (Å²) in [4.78, 5) is 25.7. The summed E-state index contributed by atoms with van der Waals surface area (Å²) in [5.74, 6) is 0.0570. The minimum absolute atomic E-state index is 0.00351. The summed E-state index contributed by atoms with van der Waals surface area (Å²) in [5.41, 5.74) is 0. The molecule has 5 nitrogen and oxygen atoms in total. The van der Waals surface area contributed by atoms with Crippen molar-refractivity contribution in [1.82, 2.24) is 10.2 Å². The number of likely N-dealkylation sites (N-methyl/N-ethyl adjacent to an activating group) is 1. The summed E-state index contributed by atoms with van der Waals surface area (Å²) in [6.45, 7) is 6.09. The predicted molar refractivity (Wildman–Crippen MR) is 78.8 cm³/mol. The Bertz CT molecular complexity index is 348. The van der Waals surface area contributed by atoms with E-state index >= 15 is 0 Å². The summed E-state index contributed by atoms with van der Waals surface area (Å²) < 4.78 is 0. The van der Waals surface area contributed by atoms with Crippen LogP contribution in [0.25, 0.3) is 0 Å². The summed E-state index contributed by atoms with van der Waals surface area (Å²) in [5, 5.41) is 11.1. The zero-order valence-corrected chi connectivity index (χ0v) is 13.1. The van der Waals surface area contributed by atoms with E-state index in [1.165, 1.54) is 4.90 Å². The number of carbonyl (C=O) groups excluding carboxylic acids is 2. The summed E-state index contributed by atoms with van der Waals surface area (Å²) in [6, 6.07) is 1.39. The number of hydrogen-bond acceptors (Lipinski definition) is 3. The van der Waals surface area contributed by atoms with Crippen LogP contribution in [0.2, 0.25) is 0 Å². The van der Waals surface area contributed by atoms with Crippen molar-refractivity contribution in [1.29, 1.82) is 5.26 Å². The number of carbonyl (C=O) groups is 2. The Morgan fingerprint density at radius 1 is 1.30 bits per heavy atom. The standard InChI is InChI=1S/C15H27N3O2/c1-5-6-7-8-14(19)18(4)13(11-12(2)3)15(20)17-10-9-16/h12-13H,5-8,10-11H2,1-4H3,(H,17,20). The van der Waals surface area contributed by atoms with Gasteiger partial charge in [0.25, 0.3) is 0 Å². The highest BCUT2D eigenvalue weighted by molar-refractivity contribution is 5.87. The van der Waals surface area contributed by atoms with E-state index in [9.17, 15) is 9.59 Å². The van der Waals surface area contributed by atoms with Crippen LogP contribution >= 0.6 is 0 Å². The average Bonchev–Trinajstić information content (AvgIpc) is 2.41. The van der Waals surface area contributed by atoms with Crippen LogP contribution in [0.15, 0.2) is 0 Å². The largest absolute Gasteiger partial charge is 0.341 e. The Hall–Kier alpha value is -1.57. The van der Waals surface area contributed by atoms with Crippen LogP contribution in [0.1, 0.15) is 52.9 Å². The quantitative estimate of drug-likeness (QED) is 0.519. The first kappa shape index (κ1) is 18.4. The van der Waals surface area contributed by atoms with Crippen LogP contribution in [0.4, 0.5) is 0 Å². The Morgan fingerprint density at radius 3 is 2.45 bits per heavy atom. The van der Waals surface area contributed by atoms with Gasteiger partial charge in [-0.25, -0.2) is 0 Å². The molecule has 20 heavy (non-hydrogen) atoms. The monoisotopic (exact) mass is 281 g/mol. The van der Waals surface area contributed by atoms with Crippen LogP contribution in [0.5, 0.6) is 0 Å². The molecule has 0 fully saturated rings. The van der Waals surface area contributed by atoms with Crippen LogP contribution in [0.3, 0.4) is 0 Å². The Morgan fingerprint density at radius 2 is 1.95 bits per heavy atom. The number of hydrogen-bond donors (Lipinski definition) is 1. The normalized spacial score (nSPS) is 11.8. The predicted octanol–water partition coefficient (Wildman–Crippen LogP) is 2.08. The maximum atomic E-state index is 12.1. The van der Waals surface area contributed by atoms with Gasteiger partial charge >= 0.3 is 0 Å². The number of nitrogens with one attached hydrogen (secondary N) is 1. The first-order chi connectivity index (χ1) is 9.43. The van der Waals surface area contributed by atoms with Crippen molar-refractivity contribution in [2.75, 3.05) is 13.6 Å². The lowest BCUT2D eigenvalue weighted by atomic mass is 10.0. The van der Waals surface area contributed by atoms with Gasteiger partial charge in [0, 0.05) is 13.5 Å². The molecule has 0 aliphatic rings. The highest BCUT2D eigenvalue weighted by atomic mass is 16.2. The summed E-state index contributed by atoms with van der Waals surface area (Å²) >= 11 is 0. The van der Waals surface area contributed by atoms with Gasteiger partial charge in [0.1, 0.15) is 12.6 Å². The number of rotatable bonds is 9. The smallest absolute Gasteiger partial charge is 0.243 e. The van der Waals surface area contributed by atoms with E-state index in [0.29, 0.717) is 18.8 Å². The maximum Gasteiger partial charge on any atom is 0.243 e. The minimum atomic E-state index is -0.488. The molecular weight excluding hydrogens is 254 g/mol. The van der Waals surface area contributed by atoms with Gasteiger partial charge in [0.15, 0.2) is 0 Å². The summed E-state index contributed by atoms with van der Waals surface area (Å²) in [6.07, 6.45) is 4.02. The number of unbranched alkanes of at least 4 members (excludes halogenated alkanes) is 2. The van der Waals surface area contributed by atoms with Crippen LogP contribution in [-0.2, 0) is 9.59 Å². The fraction of sp³-hybridized carbons (Fsp3) is 0.800. The Balaban J connectivity index is 4.62. The lowest BCUT2D eigenvalue weighted by molar-refractivity contribution is -0.139. The van der Waals surface area contributed by atoms with E-state index in [1.54, 1.807) is 7.05 Å². The van der Waals surface area contributed by atoms with E-state index < -0.39 is 6.04 Å². The van der Waals surface area contributed by atoms with Gasteiger partial charge in [-0.05, 0) is 18.8 Å². The molecule has 0 heterocycles. The molecule has 0 aromatic carbocycles. The van der Waals surface area contributed by atoms with Crippen LogP contribution in [0, 0.1) is 17.2 Å². The molecule has 0 saturated heterocycles.